The predicted molar refractivity (Wildman–Crippen MR) is 41.6 cm³/mol. The Morgan fingerprint density at radius 3 is 3.30 bits per heavy atom. The fourth-order valence-corrected chi connectivity index (χ4v) is 1.29. The van der Waals surface area contributed by atoms with Gasteiger partial charge in [-0.1, -0.05) is 11.6 Å². The highest BCUT2D eigenvalue weighted by molar-refractivity contribution is 6.67. The van der Waals surface area contributed by atoms with Gasteiger partial charge in [-0.25, -0.2) is 4.99 Å². The Morgan fingerprint density at radius 1 is 1.60 bits per heavy atom. The van der Waals surface area contributed by atoms with Gasteiger partial charge in [0.1, 0.15) is 17.6 Å². The molecule has 0 saturated carbocycles. The number of halogens is 1. The lowest BCUT2D eigenvalue weighted by atomic mass is 10.2. The predicted octanol–water partition coefficient (Wildman–Crippen LogP) is 0.520. The van der Waals surface area contributed by atoms with Crippen molar-refractivity contribution in [2.45, 2.75) is 12.1 Å². The highest BCUT2D eigenvalue weighted by atomic mass is 35.5. The Morgan fingerprint density at radius 2 is 2.50 bits per heavy atom. The second kappa shape index (κ2) is 2.09. The molecule has 2 unspecified atom stereocenters. The first-order chi connectivity index (χ1) is 4.88. The third-order valence-corrected chi connectivity index (χ3v) is 1.92. The molecule has 0 spiro atoms. The molecule has 10 heavy (non-hydrogen) atoms. The summed E-state index contributed by atoms with van der Waals surface area (Å²) in [6.07, 6.45) is 5.33. The summed E-state index contributed by atoms with van der Waals surface area (Å²) in [6.45, 7) is 0. The van der Waals surface area contributed by atoms with Gasteiger partial charge in [0.25, 0.3) is 0 Å². The third-order valence-electron chi connectivity index (χ3n) is 1.59. The molecule has 2 atom stereocenters. The number of nitrogens with zero attached hydrogens (tertiary/aromatic N) is 2. The lowest BCUT2D eigenvalue weighted by Gasteiger charge is -2.16. The van der Waals surface area contributed by atoms with Crippen molar-refractivity contribution in [2.24, 2.45) is 9.98 Å². The first-order valence-corrected chi connectivity index (χ1v) is 3.43. The van der Waals surface area contributed by atoms with Crippen LogP contribution in [0.15, 0.2) is 22.3 Å². The zero-order chi connectivity index (χ0) is 6.97. The van der Waals surface area contributed by atoms with Gasteiger partial charge in [0.05, 0.1) is 6.04 Å². The summed E-state index contributed by atoms with van der Waals surface area (Å²) in [6, 6.07) is 0.247. The minimum absolute atomic E-state index is 0.0895. The number of hydrogen-bond donors (Lipinski definition) is 1. The van der Waals surface area contributed by atoms with Gasteiger partial charge < -0.3 is 5.32 Å². The number of aliphatic imine (C=N–C) groups is 2. The maximum atomic E-state index is 5.77. The molecule has 2 heterocycles. The zero-order valence-electron chi connectivity index (χ0n) is 5.16. The normalized spacial score (nSPS) is 35.1. The molecule has 0 radical (unpaired) electrons. The van der Waals surface area contributed by atoms with E-state index in [1.54, 1.807) is 0 Å². The van der Waals surface area contributed by atoms with Crippen LogP contribution in [0.1, 0.15) is 0 Å². The molecule has 4 heteroatoms. The third kappa shape index (κ3) is 0.743. The van der Waals surface area contributed by atoms with Gasteiger partial charge in [0.2, 0.25) is 0 Å². The molecule has 2 rings (SSSR count). The smallest absolute Gasteiger partial charge is 0.132 e. The zero-order valence-corrected chi connectivity index (χ0v) is 5.92. The molecule has 0 aliphatic carbocycles. The molecule has 0 fully saturated rings. The molecule has 0 bridgehead atoms. The van der Waals surface area contributed by atoms with Crippen molar-refractivity contribution in [1.82, 2.24) is 5.32 Å². The van der Waals surface area contributed by atoms with Gasteiger partial charge in [-0.3, -0.25) is 4.99 Å². The van der Waals surface area contributed by atoms with Crippen molar-refractivity contribution < 1.29 is 0 Å². The first kappa shape index (κ1) is 5.92. The van der Waals surface area contributed by atoms with Crippen LogP contribution < -0.4 is 5.32 Å². The summed E-state index contributed by atoms with van der Waals surface area (Å²) >= 11 is 5.77. The number of hydrogen-bond acceptors (Lipinski definition) is 3. The summed E-state index contributed by atoms with van der Waals surface area (Å²) in [5.74, 6) is 0. The van der Waals surface area contributed by atoms with Crippen molar-refractivity contribution in [3.8, 4) is 0 Å². The molecule has 1 N–H and O–H groups in total. The number of nitrogens with one attached hydrogen (secondary N) is 1. The summed E-state index contributed by atoms with van der Waals surface area (Å²) in [4.78, 5) is 7.96. The molecule has 0 saturated heterocycles. The van der Waals surface area contributed by atoms with Crippen LogP contribution in [0, 0.1) is 0 Å². The Hall–Kier alpha value is -0.830. The van der Waals surface area contributed by atoms with Crippen LogP contribution in [0.5, 0.6) is 0 Å². The molecule has 0 aromatic heterocycles. The minimum Gasteiger partial charge on any atom is -0.380 e. The van der Waals surface area contributed by atoms with Gasteiger partial charge in [0, 0.05) is 0 Å². The van der Waals surface area contributed by atoms with Crippen LogP contribution >= 0.6 is 11.6 Å². The lowest BCUT2D eigenvalue weighted by molar-refractivity contribution is 0.703. The quantitative estimate of drug-likeness (QED) is 0.544. The highest BCUT2D eigenvalue weighted by Gasteiger charge is 2.27. The molecule has 2 aliphatic heterocycles. The van der Waals surface area contributed by atoms with Crippen molar-refractivity contribution in [3.63, 3.8) is 0 Å². The van der Waals surface area contributed by atoms with Crippen LogP contribution in [-0.4, -0.2) is 23.6 Å². The Labute approximate surface area is 63.5 Å². The Kier molecular flexibility index (Phi) is 1.24. The largest absolute Gasteiger partial charge is 0.380 e. The topological polar surface area (TPSA) is 36.8 Å². The van der Waals surface area contributed by atoms with Crippen LogP contribution in [-0.2, 0) is 0 Å². The lowest BCUT2D eigenvalue weighted by Crippen LogP contribution is -2.37. The van der Waals surface area contributed by atoms with Gasteiger partial charge >= 0.3 is 0 Å². The second-order valence-corrected chi connectivity index (χ2v) is 2.60. The minimum atomic E-state index is 0.0895. The summed E-state index contributed by atoms with van der Waals surface area (Å²) in [7, 11) is 0. The average Bonchev–Trinajstić information content (AvgIpc) is 2.36. The van der Waals surface area contributed by atoms with E-state index in [1.165, 1.54) is 6.34 Å². The van der Waals surface area contributed by atoms with Crippen molar-refractivity contribution >= 4 is 23.1 Å². The van der Waals surface area contributed by atoms with E-state index in [1.807, 2.05) is 12.3 Å². The molecular formula is C6H6ClN3. The molecule has 0 aromatic rings. The van der Waals surface area contributed by atoms with Gasteiger partial charge in [-0.15, -0.1) is 0 Å². The average molecular weight is 156 g/mol. The standard InChI is InChI=1S/C6H6ClN3/c7-6-5-4(1-2-8-5)9-3-10-6/h1-5,8H. The number of rotatable bonds is 0. The van der Waals surface area contributed by atoms with Crippen molar-refractivity contribution in [1.29, 1.82) is 0 Å². The maximum absolute atomic E-state index is 5.77. The van der Waals surface area contributed by atoms with Crippen molar-refractivity contribution in [3.05, 3.63) is 12.3 Å². The van der Waals surface area contributed by atoms with E-state index in [-0.39, 0.29) is 12.1 Å². The fourth-order valence-electron chi connectivity index (χ4n) is 1.06. The van der Waals surface area contributed by atoms with Crippen LogP contribution in [0.25, 0.3) is 0 Å². The van der Waals surface area contributed by atoms with E-state index in [0.29, 0.717) is 5.17 Å². The first-order valence-electron chi connectivity index (χ1n) is 3.05. The van der Waals surface area contributed by atoms with Crippen LogP contribution in [0.4, 0.5) is 0 Å². The summed E-state index contributed by atoms with van der Waals surface area (Å²) < 4.78 is 0. The van der Waals surface area contributed by atoms with Crippen molar-refractivity contribution in [2.75, 3.05) is 0 Å². The van der Waals surface area contributed by atoms with Gasteiger partial charge in [0.15, 0.2) is 0 Å². The maximum Gasteiger partial charge on any atom is 0.132 e. The van der Waals surface area contributed by atoms with Crippen LogP contribution in [0.3, 0.4) is 0 Å². The molecular weight excluding hydrogens is 150 g/mol. The van der Waals surface area contributed by atoms with Crippen LogP contribution in [0.2, 0.25) is 0 Å². The molecule has 3 nitrogen and oxygen atoms in total. The monoisotopic (exact) mass is 155 g/mol. The fraction of sp³-hybridized carbons (Fsp3) is 0.333. The molecule has 2 aliphatic rings. The van der Waals surface area contributed by atoms with E-state index < -0.39 is 0 Å². The molecule has 0 amide bonds. The second-order valence-electron chi connectivity index (χ2n) is 2.21. The van der Waals surface area contributed by atoms with E-state index in [0.717, 1.165) is 0 Å². The summed E-state index contributed by atoms with van der Waals surface area (Å²) in [5, 5.41) is 3.64. The van der Waals surface area contributed by atoms with E-state index in [9.17, 15) is 0 Å². The van der Waals surface area contributed by atoms with E-state index in [2.05, 4.69) is 15.3 Å². The van der Waals surface area contributed by atoms with Gasteiger partial charge in [-0.2, -0.15) is 0 Å². The Bertz CT molecular complexity index is 231. The molecule has 0 aromatic carbocycles. The van der Waals surface area contributed by atoms with E-state index >= 15 is 0 Å². The van der Waals surface area contributed by atoms with E-state index in [4.69, 9.17) is 11.6 Å². The summed E-state index contributed by atoms with van der Waals surface area (Å²) in [5.41, 5.74) is 0. The van der Waals surface area contributed by atoms with Gasteiger partial charge in [-0.05, 0) is 12.3 Å². The Balaban J connectivity index is 2.29. The number of fused-ring (bicyclic) bond motifs is 1. The molecule has 52 valence electrons. The SMILES string of the molecule is ClC1=NC=NC2C=CNC12. The highest BCUT2D eigenvalue weighted by Crippen LogP contribution is 2.14.